The summed E-state index contributed by atoms with van der Waals surface area (Å²) < 4.78 is 12.0. The van der Waals surface area contributed by atoms with Crippen LogP contribution in [0, 0.1) is 6.92 Å². The molecule has 8 heteroatoms. The number of rotatable bonds is 5. The summed E-state index contributed by atoms with van der Waals surface area (Å²) in [5.74, 6) is 0.960. The Morgan fingerprint density at radius 3 is 2.62 bits per heavy atom. The van der Waals surface area contributed by atoms with Gasteiger partial charge in [-0.2, -0.15) is 0 Å². The Balaban J connectivity index is 1.54. The van der Waals surface area contributed by atoms with Crippen LogP contribution < -0.4 is 15.6 Å². The van der Waals surface area contributed by atoms with Gasteiger partial charge in [-0.25, -0.2) is 0 Å². The number of fused-ring (bicyclic) bond motifs is 3. The van der Waals surface area contributed by atoms with E-state index >= 15 is 0 Å². The van der Waals surface area contributed by atoms with Crippen molar-refractivity contribution in [2.75, 3.05) is 12.4 Å². The molecule has 5 rings (SSSR count). The predicted octanol–water partition coefficient (Wildman–Crippen LogP) is 5.28. The van der Waals surface area contributed by atoms with Crippen LogP contribution in [0.2, 0.25) is 5.02 Å². The summed E-state index contributed by atoms with van der Waals surface area (Å²) in [6, 6.07) is 19.8. The molecule has 5 aromatic rings. The maximum absolute atomic E-state index is 13.5. The number of aryl methyl sites for hydroxylation is 1. The molecule has 3 aromatic carbocycles. The number of nitrogens with one attached hydrogen (secondary N) is 1. The van der Waals surface area contributed by atoms with Crippen molar-refractivity contribution in [1.29, 1.82) is 0 Å². The Labute approximate surface area is 199 Å². The zero-order valence-electron chi connectivity index (χ0n) is 18.5. The van der Waals surface area contributed by atoms with E-state index < -0.39 is 0 Å². The number of pyridine rings is 1. The lowest BCUT2D eigenvalue weighted by atomic mass is 10.1. The summed E-state index contributed by atoms with van der Waals surface area (Å²) in [6.45, 7) is 1.70. The summed E-state index contributed by atoms with van der Waals surface area (Å²) in [7, 11) is 1.59. The average Bonchev–Trinajstić information content (AvgIpc) is 3.21. The Bertz CT molecular complexity index is 1600. The van der Waals surface area contributed by atoms with Crippen molar-refractivity contribution in [3.8, 4) is 11.4 Å². The van der Waals surface area contributed by atoms with Crippen molar-refractivity contribution in [1.82, 2.24) is 9.72 Å². The Morgan fingerprint density at radius 1 is 1.09 bits per heavy atom. The third-order valence-electron chi connectivity index (χ3n) is 5.66. The Hall–Kier alpha value is -4.10. The first-order valence-corrected chi connectivity index (χ1v) is 11.0. The first-order chi connectivity index (χ1) is 16.5. The van der Waals surface area contributed by atoms with Gasteiger partial charge in [0.05, 0.1) is 24.1 Å². The maximum atomic E-state index is 13.5. The molecule has 0 saturated heterocycles. The van der Waals surface area contributed by atoms with E-state index in [1.807, 2.05) is 30.3 Å². The van der Waals surface area contributed by atoms with Gasteiger partial charge in [0.2, 0.25) is 5.91 Å². The number of methoxy groups -OCH3 is 1. The normalized spacial score (nSPS) is 11.1. The van der Waals surface area contributed by atoms with E-state index in [-0.39, 0.29) is 17.9 Å². The molecule has 0 unspecified atom stereocenters. The van der Waals surface area contributed by atoms with E-state index in [1.54, 1.807) is 55.0 Å². The number of halogens is 1. The van der Waals surface area contributed by atoms with Gasteiger partial charge in [-0.05, 0) is 61.0 Å². The SMILES string of the molecule is COc1ccc(NC(=O)Cc2cccc(-n3c(=O)c4c(C)onc4c4c(Cl)cccc43)c2)cc1. The maximum Gasteiger partial charge on any atom is 0.268 e. The zero-order valence-corrected chi connectivity index (χ0v) is 19.2. The van der Waals surface area contributed by atoms with E-state index in [1.165, 1.54) is 0 Å². The summed E-state index contributed by atoms with van der Waals surface area (Å²) >= 11 is 6.50. The number of amides is 1. The molecule has 0 aliphatic carbocycles. The van der Waals surface area contributed by atoms with Crippen LogP contribution in [0.15, 0.2) is 76.0 Å². The highest BCUT2D eigenvalue weighted by molar-refractivity contribution is 6.37. The van der Waals surface area contributed by atoms with Crippen LogP contribution in [0.3, 0.4) is 0 Å². The van der Waals surface area contributed by atoms with Gasteiger partial charge in [0, 0.05) is 16.8 Å². The van der Waals surface area contributed by atoms with E-state index in [0.717, 1.165) is 5.56 Å². The fraction of sp³-hybridized carbons (Fsp3) is 0.115. The summed E-state index contributed by atoms with van der Waals surface area (Å²) in [4.78, 5) is 26.1. The number of ether oxygens (including phenoxy) is 1. The first-order valence-electron chi connectivity index (χ1n) is 10.6. The molecule has 0 bridgehead atoms. The fourth-order valence-corrected chi connectivity index (χ4v) is 4.34. The van der Waals surface area contributed by atoms with Gasteiger partial charge in [0.1, 0.15) is 22.4 Å². The van der Waals surface area contributed by atoms with Crippen LogP contribution >= 0.6 is 11.6 Å². The molecule has 1 amide bonds. The minimum absolute atomic E-state index is 0.141. The highest BCUT2D eigenvalue weighted by atomic mass is 35.5. The third-order valence-corrected chi connectivity index (χ3v) is 5.97. The molecule has 0 fully saturated rings. The van der Waals surface area contributed by atoms with Gasteiger partial charge in [-0.15, -0.1) is 0 Å². The summed E-state index contributed by atoms with van der Waals surface area (Å²) in [5, 5.41) is 8.44. The second-order valence-corrected chi connectivity index (χ2v) is 8.27. The molecule has 0 spiro atoms. The Morgan fingerprint density at radius 2 is 1.85 bits per heavy atom. The minimum Gasteiger partial charge on any atom is -0.497 e. The van der Waals surface area contributed by atoms with E-state index in [2.05, 4.69) is 10.5 Å². The molecule has 1 N–H and O–H groups in total. The molecular weight excluding hydrogens is 454 g/mol. The monoisotopic (exact) mass is 473 g/mol. The van der Waals surface area contributed by atoms with Crippen molar-refractivity contribution in [3.63, 3.8) is 0 Å². The molecule has 0 saturated carbocycles. The predicted molar refractivity (Wildman–Crippen MR) is 132 cm³/mol. The first kappa shape index (κ1) is 21.7. The van der Waals surface area contributed by atoms with Crippen molar-refractivity contribution in [2.45, 2.75) is 13.3 Å². The van der Waals surface area contributed by atoms with Crippen LogP contribution in [-0.4, -0.2) is 22.7 Å². The van der Waals surface area contributed by atoms with E-state index in [4.69, 9.17) is 20.9 Å². The molecule has 0 aliphatic rings. The molecule has 2 heterocycles. The lowest BCUT2D eigenvalue weighted by Crippen LogP contribution is -2.20. The number of hydrogen-bond acceptors (Lipinski definition) is 5. The van der Waals surface area contributed by atoms with Gasteiger partial charge in [0.25, 0.3) is 5.56 Å². The van der Waals surface area contributed by atoms with Gasteiger partial charge in [0.15, 0.2) is 0 Å². The number of benzene rings is 3. The lowest BCUT2D eigenvalue weighted by Gasteiger charge is -2.13. The standard InChI is InChI=1S/C26H20ClN3O4/c1-15-23-25(29-34-15)24-20(27)7-4-8-21(24)30(26(23)32)18-6-3-5-16(13-18)14-22(31)28-17-9-11-19(33-2)12-10-17/h3-13H,14H2,1-2H3,(H,28,31). The molecule has 2 aromatic heterocycles. The lowest BCUT2D eigenvalue weighted by molar-refractivity contribution is -0.115. The van der Waals surface area contributed by atoms with Crippen LogP contribution in [0.4, 0.5) is 5.69 Å². The largest absolute Gasteiger partial charge is 0.497 e. The molecule has 170 valence electrons. The topological polar surface area (TPSA) is 86.4 Å². The quantitative estimate of drug-likeness (QED) is 0.375. The van der Waals surface area contributed by atoms with Crippen molar-refractivity contribution >= 4 is 45.0 Å². The molecule has 0 atom stereocenters. The molecule has 7 nitrogen and oxygen atoms in total. The van der Waals surface area contributed by atoms with Gasteiger partial charge < -0.3 is 14.6 Å². The highest BCUT2D eigenvalue weighted by Gasteiger charge is 2.20. The second kappa shape index (κ2) is 8.68. The van der Waals surface area contributed by atoms with E-state index in [9.17, 15) is 9.59 Å². The van der Waals surface area contributed by atoms with Crippen LogP contribution in [0.5, 0.6) is 5.75 Å². The second-order valence-electron chi connectivity index (χ2n) is 7.86. The number of carbonyl (C=O) groups excluding carboxylic acids is 1. The number of anilines is 1. The fourth-order valence-electron chi connectivity index (χ4n) is 4.08. The zero-order chi connectivity index (χ0) is 23.8. The molecule has 34 heavy (non-hydrogen) atoms. The van der Waals surface area contributed by atoms with Gasteiger partial charge in [-0.3, -0.25) is 14.2 Å². The number of hydrogen-bond donors (Lipinski definition) is 1. The smallest absolute Gasteiger partial charge is 0.268 e. The molecule has 0 aliphatic heterocycles. The van der Waals surface area contributed by atoms with Crippen molar-refractivity contribution in [3.05, 3.63) is 93.4 Å². The van der Waals surface area contributed by atoms with Crippen molar-refractivity contribution in [2.24, 2.45) is 0 Å². The van der Waals surface area contributed by atoms with Crippen LogP contribution in [-0.2, 0) is 11.2 Å². The molecular formula is C26H20ClN3O4. The van der Waals surface area contributed by atoms with Crippen LogP contribution in [0.25, 0.3) is 27.5 Å². The van der Waals surface area contributed by atoms with Gasteiger partial charge >= 0.3 is 0 Å². The highest BCUT2D eigenvalue weighted by Crippen LogP contribution is 2.31. The summed E-state index contributed by atoms with van der Waals surface area (Å²) in [6.07, 6.45) is 0.141. The average molecular weight is 474 g/mol. The minimum atomic E-state index is -0.261. The number of carbonyl (C=O) groups is 1. The number of nitrogens with zero attached hydrogens (tertiary/aromatic N) is 2. The number of aromatic nitrogens is 2. The summed E-state index contributed by atoms with van der Waals surface area (Å²) in [5.41, 5.74) is 2.84. The Kier molecular flexibility index (Phi) is 5.55. The van der Waals surface area contributed by atoms with Crippen molar-refractivity contribution < 1.29 is 14.1 Å². The molecule has 0 radical (unpaired) electrons. The van der Waals surface area contributed by atoms with E-state index in [0.29, 0.717) is 49.7 Å². The van der Waals surface area contributed by atoms with Gasteiger partial charge in [-0.1, -0.05) is 35.0 Å². The third kappa shape index (κ3) is 3.80. The van der Waals surface area contributed by atoms with Crippen LogP contribution in [0.1, 0.15) is 11.3 Å².